The van der Waals surface area contributed by atoms with E-state index in [9.17, 15) is 4.79 Å². The van der Waals surface area contributed by atoms with Gasteiger partial charge in [-0.25, -0.2) is 5.01 Å². The summed E-state index contributed by atoms with van der Waals surface area (Å²) in [5.41, 5.74) is 0. The van der Waals surface area contributed by atoms with Crippen LogP contribution in [0.3, 0.4) is 0 Å². The lowest BCUT2D eigenvalue weighted by atomic mass is 10.0. The normalized spacial score (nSPS) is 31.1. The molecule has 110 valence electrons. The molecule has 0 saturated carbocycles. The summed E-state index contributed by atoms with van der Waals surface area (Å²) >= 11 is 6.95. The van der Waals surface area contributed by atoms with Crippen LogP contribution in [0.4, 0.5) is 0 Å². The minimum Gasteiger partial charge on any atom is -0.314 e. The highest BCUT2D eigenvalue weighted by molar-refractivity contribution is 8.33. The van der Waals surface area contributed by atoms with Crippen molar-refractivity contribution < 1.29 is 9.69 Å². The number of quaternary nitrogens is 1. The monoisotopic (exact) mass is 313 g/mol. The number of hydrazine groups is 1. The van der Waals surface area contributed by atoms with Crippen molar-refractivity contribution in [3.63, 3.8) is 0 Å². The second kappa shape index (κ2) is 5.99. The van der Waals surface area contributed by atoms with Crippen molar-refractivity contribution in [2.45, 2.75) is 45.1 Å². The lowest BCUT2D eigenvalue weighted by Gasteiger charge is -2.36. The Bertz CT molecular complexity index is 454. The number of thioether (sulfide) groups is 1. The highest BCUT2D eigenvalue weighted by atomic mass is 32.2. The summed E-state index contributed by atoms with van der Waals surface area (Å²) in [5, 5.41) is 5.06. The molecule has 3 rings (SSSR count). The third-order valence-electron chi connectivity index (χ3n) is 4.32. The van der Waals surface area contributed by atoms with Crippen LogP contribution in [0.1, 0.15) is 39.0 Å². The van der Waals surface area contributed by atoms with Gasteiger partial charge in [-0.2, -0.15) is 4.99 Å². The number of carbonyl (C=O) groups is 1. The lowest BCUT2D eigenvalue weighted by Crippen LogP contribution is -3.17. The molecule has 0 aliphatic carbocycles. The van der Waals surface area contributed by atoms with Crippen molar-refractivity contribution in [2.24, 2.45) is 4.99 Å². The van der Waals surface area contributed by atoms with Gasteiger partial charge < -0.3 is 4.90 Å². The van der Waals surface area contributed by atoms with Crippen molar-refractivity contribution in [3.05, 3.63) is 0 Å². The van der Waals surface area contributed by atoms with Crippen molar-refractivity contribution in [2.75, 3.05) is 19.8 Å². The maximum Gasteiger partial charge on any atom is 0.248 e. The van der Waals surface area contributed by atoms with E-state index >= 15 is 0 Å². The van der Waals surface area contributed by atoms with E-state index in [1.165, 1.54) is 37.6 Å². The van der Waals surface area contributed by atoms with E-state index in [4.69, 9.17) is 12.2 Å². The van der Waals surface area contributed by atoms with Crippen LogP contribution in [-0.4, -0.2) is 51.2 Å². The molecule has 5 nitrogen and oxygen atoms in total. The predicted molar refractivity (Wildman–Crippen MR) is 84.4 cm³/mol. The Balaban J connectivity index is 1.74. The zero-order valence-electron chi connectivity index (χ0n) is 11.8. The van der Waals surface area contributed by atoms with Crippen LogP contribution < -0.4 is 4.90 Å². The van der Waals surface area contributed by atoms with Crippen molar-refractivity contribution in [1.29, 1.82) is 0 Å². The van der Waals surface area contributed by atoms with E-state index in [0.29, 0.717) is 12.5 Å². The van der Waals surface area contributed by atoms with Gasteiger partial charge in [0, 0.05) is 13.0 Å². The topological polar surface area (TPSA) is 40.4 Å². The molecule has 0 radical (unpaired) electrons. The molecule has 1 N–H and O–H groups in total. The molecule has 0 aromatic carbocycles. The van der Waals surface area contributed by atoms with Gasteiger partial charge in [0.1, 0.15) is 0 Å². The molecule has 0 aromatic rings. The number of thiocarbonyl (C=S) groups is 1. The Labute approximate surface area is 129 Å². The zero-order valence-corrected chi connectivity index (χ0v) is 13.4. The minimum atomic E-state index is -0.0154. The van der Waals surface area contributed by atoms with E-state index in [2.05, 4.69) is 21.9 Å². The van der Waals surface area contributed by atoms with E-state index < -0.39 is 0 Å². The molecule has 3 heterocycles. The quantitative estimate of drug-likeness (QED) is 0.757. The molecule has 2 saturated heterocycles. The fourth-order valence-electron chi connectivity index (χ4n) is 3.06. The number of nitrogens with zero attached hydrogens (tertiary/aromatic N) is 3. The molecular formula is C13H21N4OS2+. The average molecular weight is 313 g/mol. The number of carbonyl (C=O) groups excluding carboxylic acids is 1. The van der Waals surface area contributed by atoms with Gasteiger partial charge in [-0.1, -0.05) is 12.2 Å². The van der Waals surface area contributed by atoms with Gasteiger partial charge in [0.05, 0.1) is 12.6 Å². The molecule has 7 heteroatoms. The fraction of sp³-hybridized carbons (Fsp3) is 0.769. The Morgan fingerprint density at radius 3 is 3.10 bits per heavy atom. The Morgan fingerprint density at radius 2 is 2.30 bits per heavy atom. The van der Waals surface area contributed by atoms with Gasteiger partial charge in [0.2, 0.25) is 5.91 Å². The highest BCUT2D eigenvalue weighted by Gasteiger charge is 2.37. The number of rotatable bonds is 2. The molecule has 1 unspecified atom stereocenters. The first kappa shape index (κ1) is 14.3. The van der Waals surface area contributed by atoms with Crippen LogP contribution >= 0.6 is 24.0 Å². The number of fused-ring (bicyclic) bond motifs is 1. The largest absolute Gasteiger partial charge is 0.314 e. The maximum absolute atomic E-state index is 11.6. The van der Waals surface area contributed by atoms with Crippen LogP contribution in [-0.2, 0) is 4.79 Å². The standard InChI is InChI=1S/C13H20N4OS2/c1-10-5-2-3-7-15(10)9-17-13(19)20-12-14-11(18)6-4-8-16(12)17/h10H,2-9H2,1H3/p+1/t10-/m0/s1. The minimum absolute atomic E-state index is 0.0154. The summed E-state index contributed by atoms with van der Waals surface area (Å²) in [6.45, 7) is 5.28. The Hall–Kier alpha value is -0.660. The van der Waals surface area contributed by atoms with Crippen LogP contribution in [0.15, 0.2) is 4.99 Å². The number of likely N-dealkylation sites (tertiary alicyclic amines) is 1. The number of amidine groups is 1. The van der Waals surface area contributed by atoms with Crippen molar-refractivity contribution >= 4 is 39.4 Å². The fourth-order valence-corrected chi connectivity index (χ4v) is 4.31. The first-order valence-corrected chi connectivity index (χ1v) is 8.60. The van der Waals surface area contributed by atoms with Gasteiger partial charge in [-0.15, -0.1) is 0 Å². The van der Waals surface area contributed by atoms with E-state index in [-0.39, 0.29) is 5.91 Å². The van der Waals surface area contributed by atoms with Crippen LogP contribution in [0.25, 0.3) is 0 Å². The number of piperidine rings is 1. The SMILES string of the molecule is C[C@H]1CCCC[NH+]1CN1C(=S)SC2=NC(=O)CCCN21. The third kappa shape index (κ3) is 2.84. The summed E-state index contributed by atoms with van der Waals surface area (Å²) in [5.74, 6) is -0.0154. The molecule has 0 aromatic heterocycles. The first-order chi connectivity index (χ1) is 9.65. The molecule has 20 heavy (non-hydrogen) atoms. The Morgan fingerprint density at radius 1 is 1.45 bits per heavy atom. The Kier molecular flexibility index (Phi) is 4.28. The van der Waals surface area contributed by atoms with Gasteiger partial charge in [-0.05, 0) is 44.4 Å². The first-order valence-electron chi connectivity index (χ1n) is 7.38. The third-order valence-corrected chi connectivity index (χ3v) is 5.65. The summed E-state index contributed by atoms with van der Waals surface area (Å²) in [6, 6.07) is 0.686. The number of nitrogens with one attached hydrogen (secondary N) is 1. The van der Waals surface area contributed by atoms with E-state index in [0.717, 1.165) is 29.1 Å². The second-order valence-electron chi connectivity index (χ2n) is 5.75. The summed E-state index contributed by atoms with van der Waals surface area (Å²) < 4.78 is 0.837. The molecule has 1 amide bonds. The van der Waals surface area contributed by atoms with Crippen LogP contribution in [0.2, 0.25) is 0 Å². The molecule has 3 aliphatic rings. The van der Waals surface area contributed by atoms with Crippen molar-refractivity contribution in [3.8, 4) is 0 Å². The number of amides is 1. The highest BCUT2D eigenvalue weighted by Crippen LogP contribution is 2.27. The second-order valence-corrected chi connectivity index (χ2v) is 7.35. The van der Waals surface area contributed by atoms with Gasteiger partial charge >= 0.3 is 0 Å². The number of hydrogen-bond acceptors (Lipinski definition) is 4. The van der Waals surface area contributed by atoms with Gasteiger partial charge in [0.15, 0.2) is 16.2 Å². The van der Waals surface area contributed by atoms with Gasteiger partial charge in [-0.3, -0.25) is 9.80 Å². The molecule has 3 aliphatic heterocycles. The lowest BCUT2D eigenvalue weighted by molar-refractivity contribution is -0.938. The van der Waals surface area contributed by atoms with Crippen LogP contribution in [0.5, 0.6) is 0 Å². The molecule has 2 fully saturated rings. The zero-order chi connectivity index (χ0) is 14.1. The summed E-state index contributed by atoms with van der Waals surface area (Å²) in [4.78, 5) is 17.4. The van der Waals surface area contributed by atoms with Crippen LogP contribution in [0, 0.1) is 0 Å². The molecular weight excluding hydrogens is 292 g/mol. The maximum atomic E-state index is 11.6. The smallest absolute Gasteiger partial charge is 0.248 e. The molecule has 2 atom stereocenters. The summed E-state index contributed by atoms with van der Waals surface area (Å²) in [7, 11) is 0. The molecule has 0 spiro atoms. The number of hydrogen-bond donors (Lipinski definition) is 1. The average Bonchev–Trinajstić information content (AvgIpc) is 2.58. The molecule has 0 bridgehead atoms. The predicted octanol–water partition coefficient (Wildman–Crippen LogP) is 0.628. The van der Waals surface area contributed by atoms with E-state index in [1.54, 1.807) is 4.90 Å². The van der Waals surface area contributed by atoms with Crippen molar-refractivity contribution in [1.82, 2.24) is 10.0 Å². The number of aliphatic imine (C=N–C) groups is 1. The summed E-state index contributed by atoms with van der Waals surface area (Å²) in [6.07, 6.45) is 5.34. The van der Waals surface area contributed by atoms with Gasteiger partial charge in [0.25, 0.3) is 0 Å². The van der Waals surface area contributed by atoms with E-state index in [1.807, 2.05) is 0 Å².